The number of aliphatic hydroxyl groups is 1. The zero-order valence-electron chi connectivity index (χ0n) is 23.6. The van der Waals surface area contributed by atoms with Gasteiger partial charge in [0.1, 0.15) is 18.0 Å². The molecule has 0 unspecified atom stereocenters. The van der Waals surface area contributed by atoms with Gasteiger partial charge in [-0.3, -0.25) is 9.69 Å². The van der Waals surface area contributed by atoms with Gasteiger partial charge in [0.2, 0.25) is 5.91 Å². The highest BCUT2D eigenvalue weighted by atomic mass is 35.5. The number of methoxy groups -OCH3 is 1. The van der Waals surface area contributed by atoms with Crippen molar-refractivity contribution < 1.29 is 24.1 Å². The molecule has 1 amide bonds. The fourth-order valence-corrected chi connectivity index (χ4v) is 5.68. The second kappa shape index (κ2) is 13.7. The largest absolute Gasteiger partial charge is 0.493 e. The summed E-state index contributed by atoms with van der Waals surface area (Å²) in [6, 6.07) is 9.85. The van der Waals surface area contributed by atoms with Crippen molar-refractivity contribution in [3.8, 4) is 17.2 Å². The van der Waals surface area contributed by atoms with Crippen LogP contribution in [-0.2, 0) is 11.3 Å². The van der Waals surface area contributed by atoms with E-state index in [1.807, 2.05) is 49.1 Å². The van der Waals surface area contributed by atoms with Gasteiger partial charge < -0.3 is 24.2 Å². The second-order valence-corrected chi connectivity index (χ2v) is 11.5. The van der Waals surface area contributed by atoms with Crippen LogP contribution in [0.3, 0.4) is 0 Å². The molecule has 2 aliphatic heterocycles. The maximum Gasteiger partial charge on any atom is 0.222 e. The first kappa shape index (κ1) is 29.5. The molecule has 2 aliphatic rings. The zero-order chi connectivity index (χ0) is 27.8. The fourth-order valence-electron chi connectivity index (χ4n) is 5.57. The highest BCUT2D eigenvalue weighted by Crippen LogP contribution is 2.31. The van der Waals surface area contributed by atoms with Gasteiger partial charge in [0.15, 0.2) is 11.5 Å². The average molecular weight is 559 g/mol. The van der Waals surface area contributed by atoms with E-state index in [2.05, 4.69) is 4.90 Å². The quantitative estimate of drug-likeness (QED) is 0.365. The normalized spacial score (nSPS) is 20.5. The molecule has 214 valence electrons. The van der Waals surface area contributed by atoms with Gasteiger partial charge in [-0.1, -0.05) is 24.1 Å². The van der Waals surface area contributed by atoms with Gasteiger partial charge in [0.25, 0.3) is 0 Å². The summed E-state index contributed by atoms with van der Waals surface area (Å²) in [5, 5.41) is 12.1. The van der Waals surface area contributed by atoms with E-state index in [0.29, 0.717) is 44.0 Å². The number of nitrogens with zero attached hydrogens (tertiary/aromatic N) is 2. The molecule has 2 aromatic carbocycles. The minimum atomic E-state index is -0.920. The minimum Gasteiger partial charge on any atom is -0.493 e. The standard InChI is InChI=1S/C31H43ClN2O5/c1-23-17-26(18-24(2)30(23)32)39-22-31(36)12-7-13-33(21-31)20-25-10-11-27(37-3)28(19-25)38-16-8-15-34-14-6-4-5-9-29(34)35/h10-11,17-19,36H,4-9,12-16,20-22H2,1-3H3/t31-/m0/s1. The van der Waals surface area contributed by atoms with Crippen molar-refractivity contribution in [2.24, 2.45) is 0 Å². The number of rotatable bonds is 11. The summed E-state index contributed by atoms with van der Waals surface area (Å²) in [6.07, 6.45) is 6.25. The highest BCUT2D eigenvalue weighted by Gasteiger charge is 2.34. The molecule has 7 nitrogen and oxygen atoms in total. The van der Waals surface area contributed by atoms with Crippen molar-refractivity contribution in [3.05, 3.63) is 52.0 Å². The molecule has 0 spiro atoms. The van der Waals surface area contributed by atoms with E-state index in [1.54, 1.807) is 7.11 Å². The Labute approximate surface area is 238 Å². The summed E-state index contributed by atoms with van der Waals surface area (Å²) in [7, 11) is 1.65. The van der Waals surface area contributed by atoms with E-state index in [4.69, 9.17) is 25.8 Å². The number of ether oxygens (including phenoxy) is 3. The van der Waals surface area contributed by atoms with Gasteiger partial charge in [-0.25, -0.2) is 0 Å². The van der Waals surface area contributed by atoms with E-state index in [9.17, 15) is 9.90 Å². The predicted molar refractivity (Wildman–Crippen MR) is 154 cm³/mol. The number of carbonyl (C=O) groups is 1. The van der Waals surface area contributed by atoms with Gasteiger partial charge in [-0.2, -0.15) is 0 Å². The Morgan fingerprint density at radius 2 is 1.79 bits per heavy atom. The van der Waals surface area contributed by atoms with Crippen LogP contribution in [0.2, 0.25) is 5.02 Å². The van der Waals surface area contributed by atoms with Crippen LogP contribution in [0.25, 0.3) is 0 Å². The van der Waals surface area contributed by atoms with Crippen molar-refractivity contribution in [2.75, 3.05) is 46.5 Å². The molecule has 0 radical (unpaired) electrons. The molecule has 8 heteroatoms. The molecule has 39 heavy (non-hydrogen) atoms. The Balaban J connectivity index is 1.31. The number of halogens is 1. The summed E-state index contributed by atoms with van der Waals surface area (Å²) in [6.45, 7) is 8.40. The zero-order valence-corrected chi connectivity index (χ0v) is 24.4. The van der Waals surface area contributed by atoms with E-state index >= 15 is 0 Å². The summed E-state index contributed by atoms with van der Waals surface area (Å²) < 4.78 is 17.7. The van der Waals surface area contributed by atoms with Gasteiger partial charge in [0.05, 0.1) is 13.7 Å². The van der Waals surface area contributed by atoms with Crippen molar-refractivity contribution in [2.45, 2.75) is 70.9 Å². The number of piperidine rings is 1. The van der Waals surface area contributed by atoms with E-state index in [1.165, 1.54) is 0 Å². The third-order valence-corrected chi connectivity index (χ3v) is 8.28. The number of benzene rings is 2. The first-order valence-electron chi connectivity index (χ1n) is 14.2. The molecule has 4 rings (SSSR count). The molecular formula is C31H43ClN2O5. The SMILES string of the molecule is COc1ccc(CN2CCC[C@@](O)(COc3cc(C)c(Cl)c(C)c3)C2)cc1OCCCN1CCCCCC1=O. The smallest absolute Gasteiger partial charge is 0.222 e. The molecule has 1 atom stereocenters. The fraction of sp³-hybridized carbons (Fsp3) is 0.581. The van der Waals surface area contributed by atoms with Crippen molar-refractivity contribution in [1.82, 2.24) is 9.80 Å². The average Bonchev–Trinajstić information content (AvgIpc) is 3.12. The van der Waals surface area contributed by atoms with Gasteiger partial charge >= 0.3 is 0 Å². The van der Waals surface area contributed by atoms with Crippen molar-refractivity contribution in [1.29, 1.82) is 0 Å². The minimum absolute atomic E-state index is 0.237. The number of carbonyl (C=O) groups excluding carboxylic acids is 1. The first-order chi connectivity index (χ1) is 18.8. The Hall–Kier alpha value is -2.48. The molecule has 0 aromatic heterocycles. The topological polar surface area (TPSA) is 71.5 Å². The van der Waals surface area contributed by atoms with Crippen molar-refractivity contribution >= 4 is 17.5 Å². The molecular weight excluding hydrogens is 516 g/mol. The number of hydrogen-bond acceptors (Lipinski definition) is 6. The number of β-amino-alcohol motifs (C(OH)–C–C–N with tert-alkyl or cyclic N) is 1. The molecule has 0 saturated carbocycles. The van der Waals surface area contributed by atoms with Gasteiger partial charge in [-0.05, 0) is 93.5 Å². The third-order valence-electron chi connectivity index (χ3n) is 7.69. The van der Waals surface area contributed by atoms with E-state index < -0.39 is 5.60 Å². The molecule has 0 aliphatic carbocycles. The van der Waals surface area contributed by atoms with Crippen molar-refractivity contribution in [3.63, 3.8) is 0 Å². The van der Waals surface area contributed by atoms with Crippen LogP contribution in [-0.4, -0.2) is 72.9 Å². The maximum atomic E-state index is 12.2. The third kappa shape index (κ3) is 8.26. The van der Waals surface area contributed by atoms with Gasteiger partial charge in [-0.15, -0.1) is 0 Å². The lowest BCUT2D eigenvalue weighted by Crippen LogP contribution is -2.51. The number of aryl methyl sites for hydroxylation is 2. The molecule has 2 heterocycles. The monoisotopic (exact) mass is 558 g/mol. The summed E-state index contributed by atoms with van der Waals surface area (Å²) in [5.41, 5.74) is 2.12. The lowest BCUT2D eigenvalue weighted by atomic mass is 9.93. The second-order valence-electron chi connectivity index (χ2n) is 11.1. The van der Waals surface area contributed by atoms with E-state index in [0.717, 1.165) is 79.2 Å². The van der Waals surface area contributed by atoms with Crippen LogP contribution >= 0.6 is 11.6 Å². The Kier molecular flexibility index (Phi) is 10.4. The highest BCUT2D eigenvalue weighted by molar-refractivity contribution is 6.32. The summed E-state index contributed by atoms with van der Waals surface area (Å²) in [5.74, 6) is 2.40. The van der Waals surface area contributed by atoms with Crippen LogP contribution in [0.4, 0.5) is 0 Å². The van der Waals surface area contributed by atoms with Crippen LogP contribution in [0.15, 0.2) is 30.3 Å². The Morgan fingerprint density at radius 3 is 2.56 bits per heavy atom. The first-order valence-corrected chi connectivity index (χ1v) is 14.6. The van der Waals surface area contributed by atoms with Crippen LogP contribution in [0, 0.1) is 13.8 Å². The van der Waals surface area contributed by atoms with E-state index in [-0.39, 0.29) is 12.5 Å². The Morgan fingerprint density at radius 1 is 1.00 bits per heavy atom. The van der Waals surface area contributed by atoms with Crippen LogP contribution in [0.5, 0.6) is 17.2 Å². The van der Waals surface area contributed by atoms with Crippen LogP contribution in [0.1, 0.15) is 61.6 Å². The summed E-state index contributed by atoms with van der Waals surface area (Å²) >= 11 is 6.29. The summed E-state index contributed by atoms with van der Waals surface area (Å²) in [4.78, 5) is 16.5. The molecule has 2 saturated heterocycles. The lowest BCUT2D eigenvalue weighted by molar-refractivity contribution is -0.130. The molecule has 2 fully saturated rings. The molecule has 1 N–H and O–H groups in total. The molecule has 0 bridgehead atoms. The number of hydrogen-bond donors (Lipinski definition) is 1. The van der Waals surface area contributed by atoms with Crippen LogP contribution < -0.4 is 14.2 Å². The lowest BCUT2D eigenvalue weighted by Gasteiger charge is -2.39. The number of likely N-dealkylation sites (tertiary alicyclic amines) is 2. The maximum absolute atomic E-state index is 12.2. The van der Waals surface area contributed by atoms with Gasteiger partial charge in [0, 0.05) is 37.6 Å². The predicted octanol–water partition coefficient (Wildman–Crippen LogP) is 5.54. The Bertz CT molecular complexity index is 1100. The number of amides is 1. The molecule has 2 aromatic rings.